The molecule has 0 saturated carbocycles. The highest BCUT2D eigenvalue weighted by atomic mass is 35.5. The summed E-state index contributed by atoms with van der Waals surface area (Å²) in [6, 6.07) is 13.0. The molecule has 1 aliphatic heterocycles. The Morgan fingerprint density at radius 1 is 1.00 bits per heavy atom. The summed E-state index contributed by atoms with van der Waals surface area (Å²) in [4.78, 5) is 29.5. The van der Waals surface area contributed by atoms with Crippen LogP contribution in [0.5, 0.6) is 0 Å². The third kappa shape index (κ3) is 4.21. The van der Waals surface area contributed by atoms with Crippen LogP contribution in [0.3, 0.4) is 0 Å². The first-order chi connectivity index (χ1) is 14.4. The van der Waals surface area contributed by atoms with E-state index < -0.39 is 0 Å². The topological polar surface area (TPSA) is 58.4 Å². The molecular weight excluding hydrogens is 423 g/mol. The molecule has 1 fully saturated rings. The molecule has 1 aliphatic rings. The second-order valence-corrected chi connectivity index (χ2v) is 8.25. The third-order valence-electron chi connectivity index (χ3n) is 5.49. The summed E-state index contributed by atoms with van der Waals surface area (Å²) >= 11 is 12.4. The number of aryl methyl sites for hydroxylation is 1. The number of rotatable bonds is 4. The molecule has 30 heavy (non-hydrogen) atoms. The van der Waals surface area contributed by atoms with E-state index in [1.54, 1.807) is 17.0 Å². The van der Waals surface area contributed by atoms with Gasteiger partial charge in [-0.2, -0.15) is 5.10 Å². The van der Waals surface area contributed by atoms with E-state index in [0.29, 0.717) is 35.1 Å². The summed E-state index contributed by atoms with van der Waals surface area (Å²) in [5.41, 5.74) is 1.48. The smallest absolute Gasteiger partial charge is 0.275 e. The lowest BCUT2D eigenvalue weighted by Gasteiger charge is -2.35. The predicted octanol–water partition coefficient (Wildman–Crippen LogP) is 3.36. The van der Waals surface area contributed by atoms with Crippen LogP contribution in [0.15, 0.2) is 47.3 Å². The average Bonchev–Trinajstić information content (AvgIpc) is 2.75. The van der Waals surface area contributed by atoms with Crippen molar-refractivity contribution in [2.24, 2.45) is 0 Å². The molecule has 0 atom stereocenters. The summed E-state index contributed by atoms with van der Waals surface area (Å²) in [6.45, 7) is 5.14. The van der Waals surface area contributed by atoms with Crippen molar-refractivity contribution in [3.05, 3.63) is 74.1 Å². The zero-order chi connectivity index (χ0) is 21.3. The molecule has 6 nitrogen and oxygen atoms in total. The van der Waals surface area contributed by atoms with Crippen molar-refractivity contribution in [1.29, 1.82) is 0 Å². The molecule has 0 spiro atoms. The average molecular weight is 445 g/mol. The zero-order valence-electron chi connectivity index (χ0n) is 16.6. The second kappa shape index (κ2) is 8.76. The van der Waals surface area contributed by atoms with Gasteiger partial charge in [-0.15, -0.1) is 0 Å². The van der Waals surface area contributed by atoms with Crippen LogP contribution < -0.4 is 5.56 Å². The molecule has 1 saturated heterocycles. The van der Waals surface area contributed by atoms with E-state index in [4.69, 9.17) is 23.2 Å². The van der Waals surface area contributed by atoms with Crippen molar-refractivity contribution >= 4 is 39.9 Å². The van der Waals surface area contributed by atoms with E-state index in [-0.39, 0.29) is 18.0 Å². The number of benzene rings is 2. The molecule has 1 amide bonds. The molecule has 0 N–H and O–H groups in total. The van der Waals surface area contributed by atoms with Gasteiger partial charge in [0.15, 0.2) is 0 Å². The van der Waals surface area contributed by atoms with Crippen molar-refractivity contribution in [2.75, 3.05) is 26.2 Å². The van der Waals surface area contributed by atoms with Crippen LogP contribution in [0, 0.1) is 6.92 Å². The first-order valence-electron chi connectivity index (χ1n) is 9.83. The van der Waals surface area contributed by atoms with E-state index in [1.165, 1.54) is 4.68 Å². The van der Waals surface area contributed by atoms with Gasteiger partial charge in [-0.25, -0.2) is 4.68 Å². The third-order valence-corrected chi connectivity index (χ3v) is 6.35. The van der Waals surface area contributed by atoms with Crippen LogP contribution in [0.2, 0.25) is 10.0 Å². The maximum atomic E-state index is 12.8. The molecule has 8 heteroatoms. The number of hydrogen-bond acceptors (Lipinski definition) is 4. The number of halogens is 2. The first-order valence-corrected chi connectivity index (χ1v) is 10.6. The predicted molar refractivity (Wildman–Crippen MR) is 119 cm³/mol. The number of amides is 1. The molecule has 2 aromatic carbocycles. The first kappa shape index (κ1) is 20.8. The molecular formula is C22H22Cl2N4O2. The van der Waals surface area contributed by atoms with Crippen LogP contribution >= 0.6 is 23.2 Å². The molecule has 3 aromatic rings. The number of piperazine rings is 1. The van der Waals surface area contributed by atoms with Crippen molar-refractivity contribution in [1.82, 2.24) is 19.6 Å². The quantitative estimate of drug-likeness (QED) is 0.618. The number of nitrogens with zero attached hydrogens (tertiary/aromatic N) is 4. The normalized spacial score (nSPS) is 15.0. The Hall–Kier alpha value is -2.41. The monoisotopic (exact) mass is 444 g/mol. The highest BCUT2D eigenvalue weighted by molar-refractivity contribution is 6.42. The molecule has 0 aliphatic carbocycles. The van der Waals surface area contributed by atoms with Crippen molar-refractivity contribution in [2.45, 2.75) is 20.0 Å². The lowest BCUT2D eigenvalue weighted by Crippen LogP contribution is -2.49. The van der Waals surface area contributed by atoms with E-state index >= 15 is 0 Å². The number of fused-ring (bicyclic) bond motifs is 1. The van der Waals surface area contributed by atoms with Gasteiger partial charge in [-0.1, -0.05) is 53.5 Å². The fourth-order valence-electron chi connectivity index (χ4n) is 3.81. The van der Waals surface area contributed by atoms with Gasteiger partial charge in [0.1, 0.15) is 6.54 Å². The fourth-order valence-corrected chi connectivity index (χ4v) is 4.19. The number of carbonyl (C=O) groups is 1. The molecule has 2 heterocycles. The summed E-state index contributed by atoms with van der Waals surface area (Å²) in [7, 11) is 0. The van der Waals surface area contributed by atoms with Gasteiger partial charge < -0.3 is 4.90 Å². The molecule has 4 rings (SSSR count). The van der Waals surface area contributed by atoms with Crippen LogP contribution in [0.1, 0.15) is 11.3 Å². The van der Waals surface area contributed by atoms with Gasteiger partial charge in [-0.3, -0.25) is 14.5 Å². The van der Waals surface area contributed by atoms with E-state index in [2.05, 4.69) is 10.00 Å². The molecule has 0 unspecified atom stereocenters. The van der Waals surface area contributed by atoms with Gasteiger partial charge in [-0.05, 0) is 24.6 Å². The molecule has 1 aromatic heterocycles. The Balaban J connectivity index is 1.40. The summed E-state index contributed by atoms with van der Waals surface area (Å²) in [5, 5.41) is 6.87. The van der Waals surface area contributed by atoms with Gasteiger partial charge in [0.25, 0.3) is 5.56 Å². The van der Waals surface area contributed by atoms with Crippen LogP contribution in [0.4, 0.5) is 0 Å². The number of aromatic nitrogens is 2. The van der Waals surface area contributed by atoms with Gasteiger partial charge in [0, 0.05) is 38.1 Å². The summed E-state index contributed by atoms with van der Waals surface area (Å²) in [5.74, 6) is -0.0975. The lowest BCUT2D eigenvalue weighted by atomic mass is 10.1. The maximum absolute atomic E-state index is 12.8. The van der Waals surface area contributed by atoms with E-state index in [1.807, 2.05) is 37.3 Å². The number of carbonyl (C=O) groups excluding carboxylic acids is 1. The van der Waals surface area contributed by atoms with Crippen molar-refractivity contribution in [3.8, 4) is 0 Å². The molecule has 0 bridgehead atoms. The minimum atomic E-state index is -0.237. The standard InChI is InChI=1S/C22H22Cl2N4O2/c1-15-17-6-2-3-7-18(17)22(30)28(25-15)14-20(29)27-11-9-26(10-12-27)13-16-5-4-8-19(23)21(16)24/h2-8H,9-14H2,1H3. The second-order valence-electron chi connectivity index (χ2n) is 7.46. The van der Waals surface area contributed by atoms with Crippen LogP contribution in [-0.2, 0) is 17.9 Å². The summed E-state index contributed by atoms with van der Waals surface area (Å²) < 4.78 is 1.28. The molecule has 0 radical (unpaired) electrons. The fraction of sp³-hybridized carbons (Fsp3) is 0.318. The zero-order valence-corrected chi connectivity index (χ0v) is 18.2. The van der Waals surface area contributed by atoms with E-state index in [0.717, 1.165) is 29.7 Å². The Bertz CT molecular complexity index is 1150. The Morgan fingerprint density at radius 2 is 1.70 bits per heavy atom. The SMILES string of the molecule is Cc1nn(CC(=O)N2CCN(Cc3cccc(Cl)c3Cl)CC2)c(=O)c2ccccc12. The summed E-state index contributed by atoms with van der Waals surface area (Å²) in [6.07, 6.45) is 0. The van der Waals surface area contributed by atoms with Crippen LogP contribution in [-0.4, -0.2) is 51.7 Å². The highest BCUT2D eigenvalue weighted by Gasteiger charge is 2.23. The van der Waals surface area contributed by atoms with E-state index in [9.17, 15) is 9.59 Å². The van der Waals surface area contributed by atoms with Gasteiger partial charge >= 0.3 is 0 Å². The van der Waals surface area contributed by atoms with Gasteiger partial charge in [0.2, 0.25) is 5.91 Å². The van der Waals surface area contributed by atoms with Crippen molar-refractivity contribution in [3.63, 3.8) is 0 Å². The Morgan fingerprint density at radius 3 is 2.43 bits per heavy atom. The largest absolute Gasteiger partial charge is 0.339 e. The minimum Gasteiger partial charge on any atom is -0.339 e. The number of hydrogen-bond donors (Lipinski definition) is 0. The maximum Gasteiger partial charge on any atom is 0.275 e. The Labute approximate surface area is 184 Å². The van der Waals surface area contributed by atoms with Gasteiger partial charge in [0.05, 0.1) is 21.1 Å². The molecule has 156 valence electrons. The highest BCUT2D eigenvalue weighted by Crippen LogP contribution is 2.26. The Kier molecular flexibility index (Phi) is 6.09. The van der Waals surface area contributed by atoms with Crippen LogP contribution in [0.25, 0.3) is 10.8 Å². The van der Waals surface area contributed by atoms with Crippen molar-refractivity contribution < 1.29 is 4.79 Å². The minimum absolute atomic E-state index is 0.0510. The lowest BCUT2D eigenvalue weighted by molar-refractivity contribution is -0.133.